The summed E-state index contributed by atoms with van der Waals surface area (Å²) in [4.78, 5) is 0. The van der Waals surface area contributed by atoms with E-state index in [4.69, 9.17) is 0 Å². The first-order valence-electron chi connectivity index (χ1n) is 4.93. The fourth-order valence-electron chi connectivity index (χ4n) is 1.01. The fourth-order valence-corrected chi connectivity index (χ4v) is 1.52. The topological polar surface area (TPSA) is 58.2 Å². The maximum absolute atomic E-state index is 11.7. The Morgan fingerprint density at radius 2 is 1.62 bits per heavy atom. The molecule has 0 unspecified atom stereocenters. The summed E-state index contributed by atoms with van der Waals surface area (Å²) in [5.41, 5.74) is 0. The molecular formula is C8H17F3N2O2S. The molecule has 0 rings (SSSR count). The lowest BCUT2D eigenvalue weighted by atomic mass is 10.3. The van der Waals surface area contributed by atoms with Crippen molar-refractivity contribution in [3.63, 3.8) is 0 Å². The molecule has 0 atom stereocenters. The van der Waals surface area contributed by atoms with Gasteiger partial charge in [-0.05, 0) is 25.9 Å². The Labute approximate surface area is 93.7 Å². The summed E-state index contributed by atoms with van der Waals surface area (Å²) in [6, 6.07) is 0. The van der Waals surface area contributed by atoms with Crippen molar-refractivity contribution in [3.05, 3.63) is 0 Å². The van der Waals surface area contributed by atoms with E-state index in [9.17, 15) is 21.6 Å². The van der Waals surface area contributed by atoms with Gasteiger partial charge in [-0.15, -0.1) is 0 Å². The molecule has 0 fully saturated rings. The van der Waals surface area contributed by atoms with Crippen molar-refractivity contribution >= 4 is 10.0 Å². The van der Waals surface area contributed by atoms with Crippen LogP contribution in [0.1, 0.15) is 19.3 Å². The number of hydrogen-bond donors (Lipinski definition) is 2. The predicted molar refractivity (Wildman–Crippen MR) is 55.6 cm³/mol. The van der Waals surface area contributed by atoms with E-state index in [1.807, 2.05) is 0 Å². The fraction of sp³-hybridized carbons (Fsp3) is 1.00. The monoisotopic (exact) mass is 262 g/mol. The Morgan fingerprint density at radius 1 is 1.06 bits per heavy atom. The van der Waals surface area contributed by atoms with Gasteiger partial charge in [-0.1, -0.05) is 0 Å². The molecule has 0 radical (unpaired) electrons. The van der Waals surface area contributed by atoms with E-state index in [0.717, 1.165) is 6.26 Å². The van der Waals surface area contributed by atoms with Crippen molar-refractivity contribution in [2.45, 2.75) is 25.4 Å². The minimum absolute atomic E-state index is 0.0446. The third-order valence-corrected chi connectivity index (χ3v) is 2.44. The second kappa shape index (κ2) is 7.08. The summed E-state index contributed by atoms with van der Waals surface area (Å²) in [7, 11) is -3.17. The first kappa shape index (κ1) is 15.7. The summed E-state index contributed by atoms with van der Waals surface area (Å²) in [5.74, 6) is 0. The van der Waals surface area contributed by atoms with Crippen LogP contribution in [0.4, 0.5) is 13.2 Å². The van der Waals surface area contributed by atoms with Crippen LogP contribution in [0.2, 0.25) is 0 Å². The standard InChI is InChI=1S/C8H17F3N2O2S/c1-16(14,15)13-7-3-6-12-5-2-4-8(9,10)11/h12-13H,2-7H2,1H3. The highest BCUT2D eigenvalue weighted by atomic mass is 32.2. The molecule has 0 aromatic rings. The predicted octanol–water partition coefficient (Wildman–Crippen LogP) is 0.858. The first-order valence-corrected chi connectivity index (χ1v) is 6.82. The largest absolute Gasteiger partial charge is 0.389 e. The van der Waals surface area contributed by atoms with Crippen molar-refractivity contribution in [3.8, 4) is 0 Å². The Kier molecular flexibility index (Phi) is 6.93. The van der Waals surface area contributed by atoms with Gasteiger partial charge >= 0.3 is 6.18 Å². The van der Waals surface area contributed by atoms with E-state index >= 15 is 0 Å². The van der Waals surface area contributed by atoms with Gasteiger partial charge in [0.05, 0.1) is 6.26 Å². The number of nitrogens with one attached hydrogen (secondary N) is 2. The van der Waals surface area contributed by atoms with E-state index < -0.39 is 22.6 Å². The molecule has 0 aliphatic heterocycles. The van der Waals surface area contributed by atoms with Gasteiger partial charge in [0.15, 0.2) is 0 Å². The molecule has 0 aliphatic rings. The van der Waals surface area contributed by atoms with Crippen molar-refractivity contribution in [1.82, 2.24) is 10.0 Å². The first-order chi connectivity index (χ1) is 7.21. The summed E-state index contributed by atoms with van der Waals surface area (Å²) >= 11 is 0. The van der Waals surface area contributed by atoms with Gasteiger partial charge in [0.25, 0.3) is 0 Å². The molecule has 0 amide bonds. The van der Waals surface area contributed by atoms with E-state index in [0.29, 0.717) is 26.1 Å². The molecule has 8 heteroatoms. The molecule has 0 bridgehead atoms. The molecule has 0 saturated heterocycles. The van der Waals surface area contributed by atoms with E-state index in [1.165, 1.54) is 0 Å². The lowest BCUT2D eigenvalue weighted by molar-refractivity contribution is -0.135. The van der Waals surface area contributed by atoms with E-state index in [-0.39, 0.29) is 6.42 Å². The van der Waals surface area contributed by atoms with Gasteiger partial charge in [-0.3, -0.25) is 0 Å². The molecule has 0 aliphatic carbocycles. The van der Waals surface area contributed by atoms with E-state index in [2.05, 4.69) is 10.0 Å². The molecule has 0 aromatic heterocycles. The Hall–Kier alpha value is -0.340. The normalized spacial score (nSPS) is 13.0. The zero-order valence-corrected chi connectivity index (χ0v) is 9.92. The zero-order valence-electron chi connectivity index (χ0n) is 9.10. The van der Waals surface area contributed by atoms with Crippen LogP contribution in [0.15, 0.2) is 0 Å². The van der Waals surface area contributed by atoms with Crippen molar-refractivity contribution < 1.29 is 21.6 Å². The number of alkyl halides is 3. The van der Waals surface area contributed by atoms with Crippen LogP contribution in [-0.4, -0.2) is 40.5 Å². The van der Waals surface area contributed by atoms with Crippen LogP contribution in [-0.2, 0) is 10.0 Å². The smallest absolute Gasteiger partial charge is 0.317 e. The Bertz CT molecular complexity index is 277. The Morgan fingerprint density at radius 3 is 2.12 bits per heavy atom. The molecule has 0 heterocycles. The second-order valence-electron chi connectivity index (χ2n) is 3.49. The second-order valence-corrected chi connectivity index (χ2v) is 5.32. The van der Waals surface area contributed by atoms with Gasteiger partial charge < -0.3 is 5.32 Å². The van der Waals surface area contributed by atoms with Gasteiger partial charge in [0.1, 0.15) is 0 Å². The zero-order chi connectivity index (χ0) is 12.7. The van der Waals surface area contributed by atoms with Crippen molar-refractivity contribution in [2.24, 2.45) is 0 Å². The summed E-state index contributed by atoms with van der Waals surface area (Å²) < 4.78 is 58.7. The maximum Gasteiger partial charge on any atom is 0.389 e. The van der Waals surface area contributed by atoms with Crippen LogP contribution >= 0.6 is 0 Å². The molecule has 2 N–H and O–H groups in total. The minimum atomic E-state index is -4.10. The van der Waals surface area contributed by atoms with Gasteiger partial charge in [0.2, 0.25) is 10.0 Å². The average molecular weight is 262 g/mol. The molecular weight excluding hydrogens is 245 g/mol. The third kappa shape index (κ3) is 13.7. The number of halogens is 3. The van der Waals surface area contributed by atoms with Crippen LogP contribution in [0.5, 0.6) is 0 Å². The lowest BCUT2D eigenvalue weighted by Gasteiger charge is -2.07. The summed E-state index contributed by atoms with van der Waals surface area (Å²) in [5, 5.41) is 2.81. The summed E-state index contributed by atoms with van der Waals surface area (Å²) in [6.07, 6.45) is -3.23. The lowest BCUT2D eigenvalue weighted by Crippen LogP contribution is -2.27. The van der Waals surface area contributed by atoms with Crippen molar-refractivity contribution in [1.29, 1.82) is 0 Å². The van der Waals surface area contributed by atoms with Crippen molar-refractivity contribution in [2.75, 3.05) is 25.9 Å². The van der Waals surface area contributed by atoms with Gasteiger partial charge in [-0.25, -0.2) is 13.1 Å². The molecule has 98 valence electrons. The quantitative estimate of drug-likeness (QED) is 0.638. The Balaban J connectivity index is 3.23. The van der Waals surface area contributed by atoms with Crippen LogP contribution in [0.3, 0.4) is 0 Å². The third-order valence-electron chi connectivity index (χ3n) is 1.71. The molecule has 0 aromatic carbocycles. The van der Waals surface area contributed by atoms with Gasteiger partial charge in [-0.2, -0.15) is 13.2 Å². The summed E-state index contributed by atoms with van der Waals surface area (Å²) in [6.45, 7) is 1.09. The maximum atomic E-state index is 11.7. The number of sulfonamides is 1. The molecule has 0 saturated carbocycles. The van der Waals surface area contributed by atoms with Crippen LogP contribution in [0, 0.1) is 0 Å². The van der Waals surface area contributed by atoms with Crippen LogP contribution < -0.4 is 10.0 Å². The van der Waals surface area contributed by atoms with E-state index in [1.54, 1.807) is 0 Å². The molecule has 16 heavy (non-hydrogen) atoms. The minimum Gasteiger partial charge on any atom is -0.317 e. The SMILES string of the molecule is CS(=O)(=O)NCCCNCCCC(F)(F)F. The average Bonchev–Trinajstić information content (AvgIpc) is 2.06. The highest BCUT2D eigenvalue weighted by Gasteiger charge is 2.25. The van der Waals surface area contributed by atoms with Crippen LogP contribution in [0.25, 0.3) is 0 Å². The molecule has 0 spiro atoms. The highest BCUT2D eigenvalue weighted by Crippen LogP contribution is 2.20. The highest BCUT2D eigenvalue weighted by molar-refractivity contribution is 7.88. The molecule has 4 nitrogen and oxygen atoms in total. The number of rotatable bonds is 8. The van der Waals surface area contributed by atoms with Gasteiger partial charge in [0, 0.05) is 13.0 Å². The number of hydrogen-bond acceptors (Lipinski definition) is 3.